The number of methoxy groups -OCH3 is 1. The second-order valence-corrected chi connectivity index (χ2v) is 6.22. The lowest BCUT2D eigenvalue weighted by molar-refractivity contribution is -0.141. The van der Waals surface area contributed by atoms with Crippen LogP contribution in [0.5, 0.6) is 0 Å². The third kappa shape index (κ3) is 5.92. The van der Waals surface area contributed by atoms with Gasteiger partial charge in [0.15, 0.2) is 0 Å². The van der Waals surface area contributed by atoms with Crippen molar-refractivity contribution in [1.29, 1.82) is 0 Å². The van der Waals surface area contributed by atoms with E-state index in [0.29, 0.717) is 10.7 Å². The molecule has 0 bridgehead atoms. The predicted octanol–water partition coefficient (Wildman–Crippen LogP) is 2.82. The number of ether oxygens (including phenoxy) is 1. The molecule has 0 heterocycles. The summed E-state index contributed by atoms with van der Waals surface area (Å²) >= 11 is 18.9. The lowest BCUT2D eigenvalue weighted by Gasteiger charge is -2.11. The average molecular weight is 372 g/mol. The zero-order valence-corrected chi connectivity index (χ0v) is 14.1. The molecule has 1 aromatic carbocycles. The van der Waals surface area contributed by atoms with E-state index in [1.54, 1.807) is 0 Å². The molecule has 1 rings (SSSR count). The molecule has 0 radical (unpaired) electrons. The van der Waals surface area contributed by atoms with E-state index in [1.807, 2.05) is 0 Å². The maximum Gasteiger partial charge on any atom is 0.323 e. The van der Waals surface area contributed by atoms with Gasteiger partial charge in [-0.1, -0.05) is 34.8 Å². The Morgan fingerprint density at radius 2 is 1.90 bits per heavy atom. The van der Waals surface area contributed by atoms with Gasteiger partial charge < -0.3 is 15.8 Å². The minimum atomic E-state index is -0.768. The van der Waals surface area contributed by atoms with Crippen molar-refractivity contribution in [1.82, 2.24) is 0 Å². The van der Waals surface area contributed by atoms with Gasteiger partial charge in [-0.05, 0) is 12.1 Å². The van der Waals surface area contributed by atoms with E-state index < -0.39 is 12.0 Å². The molecule has 3 N–H and O–H groups in total. The largest absolute Gasteiger partial charge is 0.468 e. The van der Waals surface area contributed by atoms with E-state index in [1.165, 1.54) is 31.0 Å². The Morgan fingerprint density at radius 1 is 1.33 bits per heavy atom. The van der Waals surface area contributed by atoms with Crippen LogP contribution in [0, 0.1) is 0 Å². The fourth-order valence-corrected chi connectivity index (χ4v) is 3.01. The van der Waals surface area contributed by atoms with Gasteiger partial charge in [-0.3, -0.25) is 9.59 Å². The van der Waals surface area contributed by atoms with Crippen LogP contribution in [0.4, 0.5) is 5.69 Å². The van der Waals surface area contributed by atoms with Crippen LogP contribution in [0.2, 0.25) is 15.1 Å². The molecular formula is C12H13Cl3N2O3S. The first-order valence-corrected chi connectivity index (χ1v) is 7.99. The molecule has 1 aromatic rings. The predicted molar refractivity (Wildman–Crippen MR) is 87.4 cm³/mol. The van der Waals surface area contributed by atoms with Gasteiger partial charge >= 0.3 is 5.97 Å². The van der Waals surface area contributed by atoms with Crippen molar-refractivity contribution in [2.75, 3.05) is 23.9 Å². The van der Waals surface area contributed by atoms with Crippen molar-refractivity contribution in [2.45, 2.75) is 6.04 Å². The molecule has 0 fully saturated rings. The molecule has 21 heavy (non-hydrogen) atoms. The van der Waals surface area contributed by atoms with Gasteiger partial charge in [0, 0.05) is 10.8 Å². The normalized spacial score (nSPS) is 11.9. The molecule has 5 nitrogen and oxygen atoms in total. The van der Waals surface area contributed by atoms with Gasteiger partial charge in [-0.25, -0.2) is 0 Å². The quantitative estimate of drug-likeness (QED) is 0.752. The Hall–Kier alpha value is -0.660. The third-order valence-corrected chi connectivity index (χ3v) is 4.18. The number of hydrogen-bond acceptors (Lipinski definition) is 5. The van der Waals surface area contributed by atoms with Gasteiger partial charge in [0.2, 0.25) is 5.91 Å². The summed E-state index contributed by atoms with van der Waals surface area (Å²) in [5.74, 6) is -0.475. The Bertz CT molecular complexity index is 519. The SMILES string of the molecule is COC(=O)C(N)CSCC(=O)Nc1c(Cl)cc(Cl)cc1Cl. The summed E-state index contributed by atoms with van der Waals surface area (Å²) in [6, 6.07) is 2.19. The number of halogens is 3. The first-order chi connectivity index (χ1) is 9.85. The number of esters is 1. The molecule has 0 saturated heterocycles. The summed E-state index contributed by atoms with van der Waals surface area (Å²) in [5, 5.41) is 3.45. The van der Waals surface area contributed by atoms with E-state index in [4.69, 9.17) is 40.5 Å². The van der Waals surface area contributed by atoms with Crippen molar-refractivity contribution in [3.8, 4) is 0 Å². The Kier molecular flexibility index (Phi) is 7.62. The Labute approximate surface area is 141 Å². The number of nitrogens with one attached hydrogen (secondary N) is 1. The maximum atomic E-state index is 11.8. The minimum absolute atomic E-state index is 0.0972. The fourth-order valence-electron chi connectivity index (χ4n) is 1.34. The molecule has 116 valence electrons. The molecule has 0 aliphatic heterocycles. The number of carbonyl (C=O) groups is 2. The zero-order valence-electron chi connectivity index (χ0n) is 11.0. The van der Waals surface area contributed by atoms with Crippen molar-refractivity contribution < 1.29 is 14.3 Å². The highest BCUT2D eigenvalue weighted by Crippen LogP contribution is 2.33. The third-order valence-electron chi connectivity index (χ3n) is 2.31. The van der Waals surface area contributed by atoms with Gasteiger partial charge in [0.05, 0.1) is 28.6 Å². The Balaban J connectivity index is 2.50. The lowest BCUT2D eigenvalue weighted by Crippen LogP contribution is -2.34. The number of carbonyl (C=O) groups excluding carboxylic acids is 2. The molecule has 9 heteroatoms. The number of hydrogen-bond donors (Lipinski definition) is 2. The molecule has 0 saturated carbocycles. The monoisotopic (exact) mass is 370 g/mol. The van der Waals surface area contributed by atoms with E-state index in [9.17, 15) is 9.59 Å². The van der Waals surface area contributed by atoms with Crippen molar-refractivity contribution >= 4 is 64.1 Å². The van der Waals surface area contributed by atoms with Crippen LogP contribution >= 0.6 is 46.6 Å². The first-order valence-electron chi connectivity index (χ1n) is 5.70. The summed E-state index contributed by atoms with van der Waals surface area (Å²) in [7, 11) is 1.25. The molecule has 1 unspecified atom stereocenters. The first kappa shape index (κ1) is 18.4. The number of benzene rings is 1. The van der Waals surface area contributed by atoms with Crippen LogP contribution in [-0.2, 0) is 14.3 Å². The van der Waals surface area contributed by atoms with Gasteiger partial charge in [0.25, 0.3) is 0 Å². The molecular weight excluding hydrogens is 359 g/mol. The summed E-state index contributed by atoms with van der Waals surface area (Å²) < 4.78 is 4.48. The zero-order chi connectivity index (χ0) is 16.0. The van der Waals surface area contributed by atoms with Crippen molar-refractivity contribution in [3.05, 3.63) is 27.2 Å². The second kappa shape index (κ2) is 8.70. The molecule has 1 atom stereocenters. The number of nitrogens with two attached hydrogens (primary N) is 1. The second-order valence-electron chi connectivity index (χ2n) is 3.94. The minimum Gasteiger partial charge on any atom is -0.468 e. The lowest BCUT2D eigenvalue weighted by atomic mass is 10.3. The molecule has 0 spiro atoms. The topological polar surface area (TPSA) is 81.4 Å². The fraction of sp³-hybridized carbons (Fsp3) is 0.333. The van der Waals surface area contributed by atoms with Crippen LogP contribution in [0.3, 0.4) is 0 Å². The summed E-state index contributed by atoms with van der Waals surface area (Å²) in [5.41, 5.74) is 5.84. The van der Waals surface area contributed by atoms with E-state index in [0.717, 1.165) is 0 Å². The number of amides is 1. The van der Waals surface area contributed by atoms with Crippen LogP contribution in [0.1, 0.15) is 0 Å². The molecule has 0 aliphatic carbocycles. The van der Waals surface area contributed by atoms with E-state index in [2.05, 4.69) is 10.1 Å². The van der Waals surface area contributed by atoms with Crippen molar-refractivity contribution in [3.63, 3.8) is 0 Å². The van der Waals surface area contributed by atoms with Crippen LogP contribution in [-0.4, -0.2) is 36.5 Å². The Morgan fingerprint density at radius 3 is 2.43 bits per heavy atom. The number of rotatable bonds is 6. The highest BCUT2D eigenvalue weighted by molar-refractivity contribution is 8.00. The highest BCUT2D eigenvalue weighted by atomic mass is 35.5. The van der Waals surface area contributed by atoms with Gasteiger partial charge in [-0.15, -0.1) is 11.8 Å². The van der Waals surface area contributed by atoms with Crippen LogP contribution in [0.15, 0.2) is 12.1 Å². The van der Waals surface area contributed by atoms with Crippen LogP contribution in [0.25, 0.3) is 0 Å². The van der Waals surface area contributed by atoms with Crippen molar-refractivity contribution in [2.24, 2.45) is 5.73 Å². The van der Waals surface area contributed by atoms with Crippen LogP contribution < -0.4 is 11.1 Å². The average Bonchev–Trinajstić information content (AvgIpc) is 2.41. The summed E-state index contributed by atoms with van der Waals surface area (Å²) in [6.45, 7) is 0. The van der Waals surface area contributed by atoms with E-state index in [-0.39, 0.29) is 27.5 Å². The standard InChI is InChI=1S/C12H13Cl3N2O3S/c1-20-12(19)9(16)4-21-5-10(18)17-11-7(14)2-6(13)3-8(11)15/h2-3,9H,4-5,16H2,1H3,(H,17,18). The maximum absolute atomic E-state index is 11.8. The van der Waals surface area contributed by atoms with Gasteiger partial charge in [0.1, 0.15) is 6.04 Å². The molecule has 1 amide bonds. The van der Waals surface area contributed by atoms with E-state index >= 15 is 0 Å². The highest BCUT2D eigenvalue weighted by Gasteiger charge is 2.15. The smallest absolute Gasteiger partial charge is 0.323 e. The summed E-state index contributed by atoms with van der Waals surface area (Å²) in [6.07, 6.45) is 0. The molecule has 0 aliphatic rings. The number of thioether (sulfide) groups is 1. The van der Waals surface area contributed by atoms with Gasteiger partial charge in [-0.2, -0.15) is 0 Å². The number of anilines is 1. The summed E-state index contributed by atoms with van der Waals surface area (Å²) in [4.78, 5) is 22.9. The molecule has 0 aromatic heterocycles.